The smallest absolute Gasteiger partial charge is 0.170 e. The summed E-state index contributed by atoms with van der Waals surface area (Å²) in [5.74, 6) is 0. The molecule has 3 aromatic heterocycles. The molecule has 5 nitrogen and oxygen atoms in total. The Kier molecular flexibility index (Phi) is 5.92. The number of aryl methyl sites for hydroxylation is 2. The molecule has 1 fully saturated rings. The molecule has 0 aliphatic carbocycles. The van der Waals surface area contributed by atoms with Crippen molar-refractivity contribution in [1.29, 1.82) is 0 Å². The zero-order valence-corrected chi connectivity index (χ0v) is 20.8. The Morgan fingerprint density at radius 2 is 1.74 bits per heavy atom. The predicted molar refractivity (Wildman–Crippen MR) is 140 cm³/mol. The molecule has 0 unspecified atom stereocenters. The van der Waals surface area contributed by atoms with Crippen LogP contribution in [0.1, 0.15) is 51.4 Å². The summed E-state index contributed by atoms with van der Waals surface area (Å²) in [4.78, 5) is 11.2. The molecule has 2 atom stereocenters. The van der Waals surface area contributed by atoms with Crippen molar-refractivity contribution in [2.75, 3.05) is 0 Å². The molecule has 1 N–H and O–H groups in total. The SMILES string of the molecule is Cc1cccc(-n2c(C)cc([C@H]3[C@@H](c4ccccn4)NC(=S)N3Cc3ccncc3)c2C)c1C. The van der Waals surface area contributed by atoms with E-state index in [-0.39, 0.29) is 12.1 Å². The largest absolute Gasteiger partial charge is 0.352 e. The Morgan fingerprint density at radius 1 is 0.941 bits per heavy atom. The summed E-state index contributed by atoms with van der Waals surface area (Å²) >= 11 is 5.87. The molecule has 1 saturated heterocycles. The van der Waals surface area contributed by atoms with Gasteiger partial charge in [0.25, 0.3) is 0 Å². The molecular formula is C28H29N5S. The quantitative estimate of drug-likeness (QED) is 0.383. The van der Waals surface area contributed by atoms with E-state index in [1.165, 1.54) is 39.3 Å². The van der Waals surface area contributed by atoms with Crippen molar-refractivity contribution >= 4 is 17.3 Å². The predicted octanol–water partition coefficient (Wildman–Crippen LogP) is 5.67. The molecule has 6 heteroatoms. The van der Waals surface area contributed by atoms with Crippen LogP contribution in [0.3, 0.4) is 0 Å². The Labute approximate surface area is 206 Å². The van der Waals surface area contributed by atoms with Gasteiger partial charge in [-0.1, -0.05) is 18.2 Å². The summed E-state index contributed by atoms with van der Waals surface area (Å²) in [7, 11) is 0. The maximum absolute atomic E-state index is 5.87. The minimum absolute atomic E-state index is 0.0145. The lowest BCUT2D eigenvalue weighted by atomic mass is 9.96. The molecule has 172 valence electrons. The van der Waals surface area contributed by atoms with Crippen molar-refractivity contribution in [3.8, 4) is 5.69 Å². The van der Waals surface area contributed by atoms with Crippen molar-refractivity contribution in [2.24, 2.45) is 0 Å². The highest BCUT2D eigenvalue weighted by molar-refractivity contribution is 7.80. The second-order valence-electron chi connectivity index (χ2n) is 8.99. The molecule has 4 aromatic rings. The Hall–Kier alpha value is -3.51. The van der Waals surface area contributed by atoms with Crippen molar-refractivity contribution in [3.63, 3.8) is 0 Å². The Morgan fingerprint density at radius 3 is 2.47 bits per heavy atom. The number of pyridine rings is 2. The fourth-order valence-electron chi connectivity index (χ4n) is 5.03. The maximum atomic E-state index is 5.87. The van der Waals surface area contributed by atoms with Gasteiger partial charge in [0.05, 0.1) is 17.8 Å². The van der Waals surface area contributed by atoms with Gasteiger partial charge in [-0.15, -0.1) is 0 Å². The van der Waals surface area contributed by atoms with E-state index in [1.54, 1.807) is 0 Å². The summed E-state index contributed by atoms with van der Waals surface area (Å²) in [6.07, 6.45) is 5.51. The fourth-order valence-corrected chi connectivity index (χ4v) is 5.34. The molecule has 0 amide bonds. The van der Waals surface area contributed by atoms with E-state index in [0.717, 1.165) is 10.8 Å². The molecule has 1 aliphatic heterocycles. The number of aromatic nitrogens is 3. The van der Waals surface area contributed by atoms with Gasteiger partial charge in [-0.25, -0.2) is 0 Å². The van der Waals surface area contributed by atoms with Crippen LogP contribution in [-0.4, -0.2) is 24.5 Å². The highest BCUT2D eigenvalue weighted by Crippen LogP contribution is 2.42. The van der Waals surface area contributed by atoms with Crippen LogP contribution < -0.4 is 5.32 Å². The van der Waals surface area contributed by atoms with E-state index in [2.05, 4.69) is 82.8 Å². The van der Waals surface area contributed by atoms with Crippen LogP contribution in [0.15, 0.2) is 73.2 Å². The van der Waals surface area contributed by atoms with Crippen LogP contribution in [0.5, 0.6) is 0 Å². The molecule has 0 spiro atoms. The topological polar surface area (TPSA) is 46.0 Å². The number of nitrogens with zero attached hydrogens (tertiary/aromatic N) is 4. The number of hydrogen-bond acceptors (Lipinski definition) is 3. The van der Waals surface area contributed by atoms with Gasteiger partial charge in [-0.3, -0.25) is 9.97 Å². The standard InChI is InChI=1S/C28H29N5S/c1-18-8-7-10-25(20(18)3)33-19(2)16-23(21(33)4)27-26(24-9-5-6-13-30-24)31-28(34)32(27)17-22-11-14-29-15-12-22/h5-16,26-27H,17H2,1-4H3,(H,31,34)/t26-,27+/m1/s1. The highest BCUT2D eigenvalue weighted by Gasteiger charge is 2.41. The number of nitrogens with one attached hydrogen (secondary N) is 1. The second kappa shape index (κ2) is 9.03. The van der Waals surface area contributed by atoms with Crippen LogP contribution in [0.25, 0.3) is 5.69 Å². The Balaban J connectivity index is 1.64. The molecule has 0 radical (unpaired) electrons. The Bertz CT molecular complexity index is 1330. The molecule has 1 aliphatic rings. The van der Waals surface area contributed by atoms with Crippen LogP contribution >= 0.6 is 12.2 Å². The number of benzene rings is 1. The van der Waals surface area contributed by atoms with Crippen LogP contribution in [0.2, 0.25) is 0 Å². The first-order valence-electron chi connectivity index (χ1n) is 11.6. The monoisotopic (exact) mass is 467 g/mol. The third-order valence-corrected chi connectivity index (χ3v) is 7.26. The van der Waals surface area contributed by atoms with Crippen molar-refractivity contribution < 1.29 is 0 Å². The van der Waals surface area contributed by atoms with Crippen LogP contribution in [0.4, 0.5) is 0 Å². The fraction of sp³-hybridized carbons (Fsp3) is 0.250. The van der Waals surface area contributed by atoms with Gasteiger partial charge < -0.3 is 14.8 Å². The second-order valence-corrected chi connectivity index (χ2v) is 9.38. The van der Waals surface area contributed by atoms with E-state index in [1.807, 2.05) is 42.9 Å². The van der Waals surface area contributed by atoms with E-state index < -0.39 is 0 Å². The molecule has 0 bridgehead atoms. The minimum atomic E-state index is -0.0388. The first-order chi connectivity index (χ1) is 16.5. The lowest BCUT2D eigenvalue weighted by molar-refractivity contribution is 0.310. The summed E-state index contributed by atoms with van der Waals surface area (Å²) in [6, 6.07) is 19.0. The molecule has 5 rings (SSSR count). The normalized spacial score (nSPS) is 17.8. The van der Waals surface area contributed by atoms with E-state index in [4.69, 9.17) is 12.2 Å². The van der Waals surface area contributed by atoms with Gasteiger partial charge >= 0.3 is 0 Å². The van der Waals surface area contributed by atoms with Gasteiger partial charge in [-0.2, -0.15) is 0 Å². The summed E-state index contributed by atoms with van der Waals surface area (Å²) in [5.41, 5.74) is 9.68. The molecular weight excluding hydrogens is 438 g/mol. The molecule has 34 heavy (non-hydrogen) atoms. The van der Waals surface area contributed by atoms with Crippen molar-refractivity contribution in [3.05, 3.63) is 113 Å². The molecule has 0 saturated carbocycles. The van der Waals surface area contributed by atoms with Gasteiger partial charge in [0, 0.05) is 42.2 Å². The van der Waals surface area contributed by atoms with Gasteiger partial charge in [0.1, 0.15) is 0 Å². The first kappa shape index (κ1) is 22.3. The van der Waals surface area contributed by atoms with Crippen LogP contribution in [-0.2, 0) is 6.54 Å². The zero-order chi connectivity index (χ0) is 23.8. The van der Waals surface area contributed by atoms with Crippen molar-refractivity contribution in [2.45, 2.75) is 46.3 Å². The summed E-state index contributed by atoms with van der Waals surface area (Å²) in [5, 5.41) is 4.32. The third-order valence-electron chi connectivity index (χ3n) is 6.91. The maximum Gasteiger partial charge on any atom is 0.170 e. The van der Waals surface area contributed by atoms with Crippen molar-refractivity contribution in [1.82, 2.24) is 24.8 Å². The van der Waals surface area contributed by atoms with Gasteiger partial charge in [-0.05, 0) is 98.6 Å². The lowest BCUT2D eigenvalue weighted by Crippen LogP contribution is -2.29. The highest BCUT2D eigenvalue weighted by atomic mass is 32.1. The number of thiocarbonyl (C=S) groups is 1. The minimum Gasteiger partial charge on any atom is -0.352 e. The molecule has 4 heterocycles. The number of hydrogen-bond donors (Lipinski definition) is 1. The van der Waals surface area contributed by atoms with Gasteiger partial charge in [0.15, 0.2) is 5.11 Å². The lowest BCUT2D eigenvalue weighted by Gasteiger charge is -2.28. The van der Waals surface area contributed by atoms with E-state index >= 15 is 0 Å². The summed E-state index contributed by atoms with van der Waals surface area (Å²) in [6.45, 7) is 9.46. The third kappa shape index (κ3) is 3.88. The molecule has 1 aromatic carbocycles. The van der Waals surface area contributed by atoms with Gasteiger partial charge in [0.2, 0.25) is 0 Å². The average molecular weight is 468 g/mol. The summed E-state index contributed by atoms with van der Waals surface area (Å²) < 4.78 is 2.37. The zero-order valence-electron chi connectivity index (χ0n) is 20.0. The van der Waals surface area contributed by atoms with E-state index in [9.17, 15) is 0 Å². The van der Waals surface area contributed by atoms with E-state index in [0.29, 0.717) is 6.54 Å². The average Bonchev–Trinajstić information content (AvgIpc) is 3.32. The first-order valence-corrected chi connectivity index (χ1v) is 12.0. The number of rotatable bonds is 5. The van der Waals surface area contributed by atoms with Crippen LogP contribution in [0, 0.1) is 27.7 Å².